The molecule has 2 heterocycles. The SMILES string of the molecule is Cn1cc(C(=O)Cn2cc(-c3ccccc3)sc2=O)cn1. The number of Topliss-reactive ketones (excluding diaryl/α,β-unsaturated/α-hetero) is 1. The average Bonchev–Trinajstić information content (AvgIpc) is 3.07. The van der Waals surface area contributed by atoms with Crippen molar-refractivity contribution in [1.29, 1.82) is 0 Å². The lowest BCUT2D eigenvalue weighted by atomic mass is 10.2. The maximum absolute atomic E-state index is 12.1. The van der Waals surface area contributed by atoms with E-state index < -0.39 is 0 Å². The largest absolute Gasteiger partial charge is 0.308 e. The van der Waals surface area contributed by atoms with Crippen LogP contribution in [0.3, 0.4) is 0 Å². The molecule has 106 valence electrons. The third kappa shape index (κ3) is 2.85. The van der Waals surface area contributed by atoms with Crippen molar-refractivity contribution in [2.75, 3.05) is 0 Å². The first-order valence-corrected chi connectivity index (χ1v) is 7.22. The molecule has 1 aromatic carbocycles. The van der Waals surface area contributed by atoms with Crippen LogP contribution in [0.4, 0.5) is 0 Å². The molecular formula is C15H13N3O2S. The fourth-order valence-electron chi connectivity index (χ4n) is 2.03. The predicted molar refractivity (Wildman–Crippen MR) is 81.6 cm³/mol. The second-order valence-corrected chi connectivity index (χ2v) is 5.67. The van der Waals surface area contributed by atoms with Gasteiger partial charge in [0, 0.05) is 19.4 Å². The van der Waals surface area contributed by atoms with Gasteiger partial charge in [0.05, 0.1) is 23.2 Å². The predicted octanol–water partition coefficient (Wildman–Crippen LogP) is 2.19. The molecule has 0 radical (unpaired) electrons. The van der Waals surface area contributed by atoms with E-state index in [1.807, 2.05) is 30.3 Å². The number of nitrogens with zero attached hydrogens (tertiary/aromatic N) is 3. The average molecular weight is 299 g/mol. The molecule has 0 N–H and O–H groups in total. The minimum Gasteiger partial charge on any atom is -0.297 e. The van der Waals surface area contributed by atoms with E-state index in [-0.39, 0.29) is 17.2 Å². The lowest BCUT2D eigenvalue weighted by Crippen LogP contribution is -2.18. The zero-order valence-electron chi connectivity index (χ0n) is 11.4. The number of hydrogen-bond donors (Lipinski definition) is 0. The third-order valence-electron chi connectivity index (χ3n) is 3.10. The topological polar surface area (TPSA) is 56.9 Å². The Hall–Kier alpha value is -2.47. The smallest absolute Gasteiger partial charge is 0.297 e. The van der Waals surface area contributed by atoms with Crippen LogP contribution < -0.4 is 4.87 Å². The number of thiazole rings is 1. The Balaban J connectivity index is 1.85. The molecule has 0 saturated heterocycles. The van der Waals surface area contributed by atoms with Gasteiger partial charge in [-0.15, -0.1) is 0 Å². The van der Waals surface area contributed by atoms with E-state index in [0.717, 1.165) is 21.8 Å². The Morgan fingerprint density at radius 3 is 2.67 bits per heavy atom. The van der Waals surface area contributed by atoms with Gasteiger partial charge in [0.15, 0.2) is 5.78 Å². The van der Waals surface area contributed by atoms with Crippen LogP contribution in [-0.4, -0.2) is 20.1 Å². The highest BCUT2D eigenvalue weighted by atomic mass is 32.1. The van der Waals surface area contributed by atoms with E-state index in [4.69, 9.17) is 0 Å². The Labute approximate surface area is 125 Å². The van der Waals surface area contributed by atoms with Crippen molar-refractivity contribution in [3.63, 3.8) is 0 Å². The maximum atomic E-state index is 12.1. The number of benzene rings is 1. The molecule has 3 aromatic rings. The quantitative estimate of drug-likeness (QED) is 0.694. The van der Waals surface area contributed by atoms with Gasteiger partial charge in [-0.1, -0.05) is 41.7 Å². The third-order valence-corrected chi connectivity index (χ3v) is 4.07. The molecule has 0 saturated carbocycles. The standard InChI is InChI=1S/C15H13N3O2S/c1-17-8-12(7-16-17)13(19)9-18-10-14(21-15(18)20)11-5-3-2-4-6-11/h2-8,10H,9H2,1H3. The maximum Gasteiger partial charge on any atom is 0.308 e. The Bertz CT molecular complexity index is 830. The Morgan fingerprint density at radius 1 is 1.24 bits per heavy atom. The van der Waals surface area contributed by atoms with E-state index in [9.17, 15) is 9.59 Å². The van der Waals surface area contributed by atoms with Gasteiger partial charge in [0.2, 0.25) is 0 Å². The molecule has 0 fully saturated rings. The van der Waals surface area contributed by atoms with E-state index in [0.29, 0.717) is 5.56 Å². The van der Waals surface area contributed by atoms with E-state index in [1.165, 1.54) is 10.8 Å². The summed E-state index contributed by atoms with van der Waals surface area (Å²) in [6.45, 7) is 0.0356. The van der Waals surface area contributed by atoms with Gasteiger partial charge in [-0.3, -0.25) is 18.8 Å². The molecule has 21 heavy (non-hydrogen) atoms. The summed E-state index contributed by atoms with van der Waals surface area (Å²) >= 11 is 1.14. The normalized spacial score (nSPS) is 10.7. The van der Waals surface area contributed by atoms with Crippen LogP contribution in [-0.2, 0) is 13.6 Å². The van der Waals surface area contributed by atoms with Crippen LogP contribution >= 0.6 is 11.3 Å². The van der Waals surface area contributed by atoms with Gasteiger partial charge in [-0.2, -0.15) is 5.10 Å². The van der Waals surface area contributed by atoms with Gasteiger partial charge in [0.25, 0.3) is 0 Å². The van der Waals surface area contributed by atoms with Gasteiger partial charge < -0.3 is 0 Å². The van der Waals surface area contributed by atoms with Crippen molar-refractivity contribution in [3.05, 3.63) is 64.2 Å². The fourth-order valence-corrected chi connectivity index (χ4v) is 2.89. The summed E-state index contributed by atoms with van der Waals surface area (Å²) in [5.74, 6) is -0.123. The summed E-state index contributed by atoms with van der Waals surface area (Å²) in [7, 11) is 1.75. The van der Waals surface area contributed by atoms with Gasteiger partial charge in [-0.25, -0.2) is 0 Å². The van der Waals surface area contributed by atoms with Gasteiger partial charge in [0.1, 0.15) is 0 Å². The molecule has 0 aliphatic rings. The highest BCUT2D eigenvalue weighted by molar-refractivity contribution is 7.12. The summed E-state index contributed by atoms with van der Waals surface area (Å²) in [6.07, 6.45) is 4.90. The van der Waals surface area contributed by atoms with Crippen LogP contribution in [0.5, 0.6) is 0 Å². The highest BCUT2D eigenvalue weighted by Crippen LogP contribution is 2.21. The summed E-state index contributed by atoms with van der Waals surface area (Å²) in [5, 5.41) is 3.97. The molecule has 0 aliphatic carbocycles. The first-order chi connectivity index (χ1) is 10.1. The number of hydrogen-bond acceptors (Lipinski definition) is 4. The summed E-state index contributed by atoms with van der Waals surface area (Å²) < 4.78 is 3.02. The first-order valence-electron chi connectivity index (χ1n) is 6.41. The number of carbonyl (C=O) groups excluding carboxylic acids is 1. The number of aromatic nitrogens is 3. The number of ketones is 1. The molecule has 0 amide bonds. The number of carbonyl (C=O) groups is 1. The van der Waals surface area contributed by atoms with Gasteiger partial charge in [-0.05, 0) is 5.56 Å². The van der Waals surface area contributed by atoms with E-state index in [2.05, 4.69) is 5.10 Å². The second kappa shape index (κ2) is 5.49. The molecule has 3 rings (SSSR count). The zero-order chi connectivity index (χ0) is 14.8. The summed E-state index contributed by atoms with van der Waals surface area (Å²) in [5.41, 5.74) is 1.49. The molecule has 0 aliphatic heterocycles. The zero-order valence-corrected chi connectivity index (χ0v) is 12.2. The van der Waals surface area contributed by atoms with Crippen LogP contribution in [0.2, 0.25) is 0 Å². The highest BCUT2D eigenvalue weighted by Gasteiger charge is 2.12. The summed E-state index contributed by atoms with van der Waals surface area (Å²) in [6, 6.07) is 9.65. The molecular weight excluding hydrogens is 286 g/mol. The van der Waals surface area contributed by atoms with Crippen LogP contribution in [0, 0.1) is 0 Å². The van der Waals surface area contributed by atoms with Crippen molar-refractivity contribution < 1.29 is 4.79 Å². The molecule has 5 nitrogen and oxygen atoms in total. The lowest BCUT2D eigenvalue weighted by molar-refractivity contribution is 0.0971. The van der Waals surface area contributed by atoms with E-state index >= 15 is 0 Å². The molecule has 0 bridgehead atoms. The number of rotatable bonds is 4. The molecule has 0 unspecified atom stereocenters. The Kier molecular flexibility index (Phi) is 3.53. The van der Waals surface area contributed by atoms with Crippen LogP contribution in [0.15, 0.2) is 53.7 Å². The van der Waals surface area contributed by atoms with Crippen molar-refractivity contribution in [2.24, 2.45) is 7.05 Å². The molecule has 0 atom stereocenters. The first kappa shape index (κ1) is 13.5. The van der Waals surface area contributed by atoms with Crippen LogP contribution in [0.25, 0.3) is 10.4 Å². The fraction of sp³-hybridized carbons (Fsp3) is 0.133. The lowest BCUT2D eigenvalue weighted by Gasteiger charge is -1.98. The minimum atomic E-state index is -0.133. The second-order valence-electron chi connectivity index (χ2n) is 4.68. The van der Waals surface area contributed by atoms with Crippen molar-refractivity contribution >= 4 is 17.1 Å². The monoisotopic (exact) mass is 299 g/mol. The van der Waals surface area contributed by atoms with E-state index in [1.54, 1.807) is 24.1 Å². The summed E-state index contributed by atoms with van der Waals surface area (Å²) in [4.78, 5) is 24.8. The van der Waals surface area contributed by atoms with Crippen LogP contribution in [0.1, 0.15) is 10.4 Å². The van der Waals surface area contributed by atoms with Crippen molar-refractivity contribution in [2.45, 2.75) is 6.54 Å². The van der Waals surface area contributed by atoms with Crippen molar-refractivity contribution in [1.82, 2.24) is 14.3 Å². The Morgan fingerprint density at radius 2 is 2.00 bits per heavy atom. The van der Waals surface area contributed by atoms with Crippen molar-refractivity contribution in [3.8, 4) is 10.4 Å². The van der Waals surface area contributed by atoms with Gasteiger partial charge >= 0.3 is 4.87 Å². The number of aryl methyl sites for hydroxylation is 1. The molecule has 0 spiro atoms. The minimum absolute atomic E-state index is 0.0356. The molecule has 6 heteroatoms. The molecule has 2 aromatic heterocycles.